The fraction of sp³-hybridized carbons (Fsp3) is 0.250. The third-order valence-electron chi connectivity index (χ3n) is 4.96. The zero-order chi connectivity index (χ0) is 21.3. The van der Waals surface area contributed by atoms with Crippen LogP contribution in [0, 0.1) is 10.1 Å². The Kier molecular flexibility index (Phi) is 9.15. The Morgan fingerprint density at radius 3 is 2.19 bits per heavy atom. The molecule has 1 aromatic heterocycles. The first kappa shape index (κ1) is 24.0. The lowest BCUT2D eigenvalue weighted by Crippen LogP contribution is -3.00. The predicted molar refractivity (Wildman–Crippen MR) is 115 cm³/mol. The third kappa shape index (κ3) is 7.19. The van der Waals surface area contributed by atoms with Gasteiger partial charge < -0.3 is 17.7 Å². The van der Waals surface area contributed by atoms with Gasteiger partial charge in [0.25, 0.3) is 11.6 Å². The number of hydrogen-bond acceptors (Lipinski definition) is 3. The number of carbonyl (C=O) groups is 1. The van der Waals surface area contributed by atoms with Crippen molar-refractivity contribution in [1.82, 2.24) is 5.32 Å². The van der Waals surface area contributed by atoms with Gasteiger partial charge in [0.05, 0.1) is 11.0 Å². The lowest BCUT2D eigenvalue weighted by Gasteiger charge is -2.17. The highest BCUT2D eigenvalue weighted by molar-refractivity contribution is 5.74. The van der Waals surface area contributed by atoms with Crippen LogP contribution in [0.25, 0.3) is 0 Å². The summed E-state index contributed by atoms with van der Waals surface area (Å²) in [5.74, 6) is -0.0228. The van der Waals surface area contributed by atoms with Gasteiger partial charge in [-0.25, -0.2) is 0 Å². The van der Waals surface area contributed by atoms with Gasteiger partial charge in [-0.2, -0.15) is 4.57 Å². The van der Waals surface area contributed by atoms with Crippen molar-refractivity contribution in [2.45, 2.75) is 38.8 Å². The summed E-state index contributed by atoms with van der Waals surface area (Å²) in [6.07, 6.45) is 6.34. The molecule has 1 N–H and O–H groups in total. The second kappa shape index (κ2) is 11.8. The number of pyridine rings is 1. The van der Waals surface area contributed by atoms with Crippen LogP contribution in [0.4, 0.5) is 5.69 Å². The quantitative estimate of drug-likeness (QED) is 0.308. The first-order chi connectivity index (χ1) is 14.5. The average molecular weight is 440 g/mol. The summed E-state index contributed by atoms with van der Waals surface area (Å²) in [6, 6.07) is 20.6. The Hall–Kier alpha value is -3.25. The summed E-state index contributed by atoms with van der Waals surface area (Å²) in [5, 5.41) is 13.9. The maximum atomic E-state index is 12.5. The van der Waals surface area contributed by atoms with E-state index in [9.17, 15) is 14.9 Å². The van der Waals surface area contributed by atoms with Gasteiger partial charge in [-0.1, -0.05) is 55.8 Å². The van der Waals surface area contributed by atoms with Gasteiger partial charge in [0.1, 0.15) is 0 Å². The summed E-state index contributed by atoms with van der Waals surface area (Å²) in [7, 11) is 0. The molecular weight excluding hydrogens is 414 g/mol. The smallest absolute Gasteiger partial charge is 0.286 e. The number of nitrogens with one attached hydrogen (secondary N) is 1. The standard InChI is InChI=1S/C24H25N3O3.ClH/c1-2-6-23(21-7-4-3-5-8-21)25-24(28)18-26-15-13-20(14-16-26)17-19-9-11-22(12-10-19)27(29)30;/h3-5,7-16,23H,2,6,17-18H2,1H3;1H. The van der Waals surface area contributed by atoms with Crippen LogP contribution >= 0.6 is 0 Å². The molecule has 0 bridgehead atoms. The van der Waals surface area contributed by atoms with E-state index >= 15 is 0 Å². The molecule has 1 unspecified atom stereocenters. The second-order valence-corrected chi connectivity index (χ2v) is 7.30. The number of hydrogen-bond donors (Lipinski definition) is 1. The van der Waals surface area contributed by atoms with E-state index in [1.807, 2.05) is 59.4 Å². The highest BCUT2D eigenvalue weighted by atomic mass is 35.5. The van der Waals surface area contributed by atoms with E-state index < -0.39 is 4.92 Å². The van der Waals surface area contributed by atoms with Crippen molar-refractivity contribution in [2.24, 2.45) is 0 Å². The number of nitrogens with zero attached hydrogens (tertiary/aromatic N) is 2. The fourth-order valence-corrected chi connectivity index (χ4v) is 3.38. The van der Waals surface area contributed by atoms with E-state index in [2.05, 4.69) is 12.2 Å². The van der Waals surface area contributed by atoms with Crippen molar-refractivity contribution < 1.29 is 26.7 Å². The molecule has 0 radical (unpaired) electrons. The monoisotopic (exact) mass is 439 g/mol. The SMILES string of the molecule is CCCC(NC(=O)C[n+]1ccc(Cc2ccc([N+](=O)[O-])cc2)cc1)c1ccccc1.[Cl-]. The number of non-ortho nitro benzene ring substituents is 1. The minimum absolute atomic E-state index is 0. The van der Waals surface area contributed by atoms with Crippen LogP contribution < -0.4 is 22.3 Å². The minimum Gasteiger partial charge on any atom is -1.00 e. The van der Waals surface area contributed by atoms with E-state index in [1.165, 1.54) is 12.1 Å². The average Bonchev–Trinajstić information content (AvgIpc) is 2.76. The summed E-state index contributed by atoms with van der Waals surface area (Å²) in [6.45, 7) is 2.37. The Morgan fingerprint density at radius 2 is 1.61 bits per heavy atom. The van der Waals surface area contributed by atoms with E-state index in [-0.39, 0.29) is 36.6 Å². The van der Waals surface area contributed by atoms with Crippen molar-refractivity contribution >= 4 is 11.6 Å². The molecule has 7 heteroatoms. The van der Waals surface area contributed by atoms with Crippen molar-refractivity contribution in [3.63, 3.8) is 0 Å². The first-order valence-electron chi connectivity index (χ1n) is 10.1. The van der Waals surface area contributed by atoms with Gasteiger partial charge in [-0.15, -0.1) is 0 Å². The summed E-state index contributed by atoms with van der Waals surface area (Å²) in [5.41, 5.74) is 3.29. The molecule has 31 heavy (non-hydrogen) atoms. The number of aromatic nitrogens is 1. The van der Waals surface area contributed by atoms with Gasteiger partial charge in [0, 0.05) is 24.3 Å². The van der Waals surface area contributed by atoms with Gasteiger partial charge in [-0.3, -0.25) is 14.9 Å². The van der Waals surface area contributed by atoms with Crippen molar-refractivity contribution in [1.29, 1.82) is 0 Å². The van der Waals surface area contributed by atoms with Crippen molar-refractivity contribution in [2.75, 3.05) is 0 Å². The molecule has 2 aromatic carbocycles. The zero-order valence-electron chi connectivity index (χ0n) is 17.4. The molecule has 1 heterocycles. The lowest BCUT2D eigenvalue weighted by molar-refractivity contribution is -0.684. The largest absolute Gasteiger partial charge is 1.00 e. The maximum Gasteiger partial charge on any atom is 0.286 e. The van der Waals surface area contributed by atoms with Crippen LogP contribution in [0.3, 0.4) is 0 Å². The van der Waals surface area contributed by atoms with E-state index in [0.717, 1.165) is 29.5 Å². The first-order valence-corrected chi connectivity index (χ1v) is 10.1. The van der Waals surface area contributed by atoms with Crippen LogP contribution in [0.1, 0.15) is 42.5 Å². The Bertz CT molecular complexity index is 977. The third-order valence-corrected chi connectivity index (χ3v) is 4.96. The molecule has 0 aliphatic rings. The number of amides is 1. The highest BCUT2D eigenvalue weighted by Gasteiger charge is 2.16. The van der Waals surface area contributed by atoms with Crippen molar-refractivity contribution in [3.8, 4) is 0 Å². The van der Waals surface area contributed by atoms with E-state index in [4.69, 9.17) is 0 Å². The topological polar surface area (TPSA) is 76.1 Å². The number of nitro groups is 1. The molecule has 0 aliphatic heterocycles. The van der Waals surface area contributed by atoms with Crippen LogP contribution in [-0.2, 0) is 17.8 Å². The molecule has 3 aromatic rings. The molecule has 0 fully saturated rings. The molecule has 0 saturated carbocycles. The number of benzene rings is 2. The molecule has 3 rings (SSSR count). The Morgan fingerprint density at radius 1 is 1.00 bits per heavy atom. The lowest BCUT2D eigenvalue weighted by atomic mass is 10.0. The molecule has 1 atom stereocenters. The van der Waals surface area contributed by atoms with E-state index in [0.29, 0.717) is 6.42 Å². The van der Waals surface area contributed by atoms with E-state index in [1.54, 1.807) is 12.1 Å². The van der Waals surface area contributed by atoms with Crippen molar-refractivity contribution in [3.05, 3.63) is 106 Å². The normalized spacial score (nSPS) is 11.3. The number of halogens is 1. The Labute approximate surface area is 188 Å². The molecule has 6 nitrogen and oxygen atoms in total. The van der Waals surface area contributed by atoms with Crippen LogP contribution in [-0.4, -0.2) is 10.8 Å². The van der Waals surface area contributed by atoms with Gasteiger partial charge >= 0.3 is 0 Å². The Balaban J connectivity index is 0.00000341. The van der Waals surface area contributed by atoms with Gasteiger partial charge in [-0.05, 0) is 29.5 Å². The number of nitro benzene ring substituents is 1. The minimum atomic E-state index is -0.400. The summed E-state index contributed by atoms with van der Waals surface area (Å²) < 4.78 is 1.85. The van der Waals surface area contributed by atoms with Gasteiger partial charge in [0.15, 0.2) is 12.4 Å². The number of rotatable bonds is 9. The zero-order valence-corrected chi connectivity index (χ0v) is 18.2. The highest BCUT2D eigenvalue weighted by Crippen LogP contribution is 2.18. The van der Waals surface area contributed by atoms with Crippen LogP contribution in [0.5, 0.6) is 0 Å². The number of carbonyl (C=O) groups excluding carboxylic acids is 1. The molecule has 0 spiro atoms. The molecule has 0 saturated heterocycles. The second-order valence-electron chi connectivity index (χ2n) is 7.30. The van der Waals surface area contributed by atoms with Gasteiger partial charge in [0.2, 0.25) is 6.54 Å². The molecule has 1 amide bonds. The molecule has 162 valence electrons. The fourth-order valence-electron chi connectivity index (χ4n) is 3.38. The predicted octanol–water partition coefficient (Wildman–Crippen LogP) is 1.13. The molecule has 0 aliphatic carbocycles. The molecular formula is C24H26ClN3O3. The maximum absolute atomic E-state index is 12.5. The summed E-state index contributed by atoms with van der Waals surface area (Å²) >= 11 is 0. The van der Waals surface area contributed by atoms with Crippen LogP contribution in [0.15, 0.2) is 79.1 Å². The summed E-state index contributed by atoms with van der Waals surface area (Å²) in [4.78, 5) is 22.9. The van der Waals surface area contributed by atoms with Crippen LogP contribution in [0.2, 0.25) is 0 Å².